The molecule has 5 aromatic rings. The number of hydrogen-bond acceptors (Lipinski definition) is 6. The molecule has 3 aromatic heterocycles. The summed E-state index contributed by atoms with van der Waals surface area (Å²) in [6.07, 6.45) is 4.24. The van der Waals surface area contributed by atoms with Crippen LogP contribution in [0.5, 0.6) is 0 Å². The van der Waals surface area contributed by atoms with Crippen molar-refractivity contribution in [1.29, 1.82) is 0 Å². The van der Waals surface area contributed by atoms with Crippen LogP contribution in [-0.4, -0.2) is 59.5 Å². The summed E-state index contributed by atoms with van der Waals surface area (Å²) in [4.78, 5) is 23.8. The van der Waals surface area contributed by atoms with Crippen molar-refractivity contribution in [2.24, 2.45) is 0 Å². The van der Waals surface area contributed by atoms with E-state index < -0.39 is 27.3 Å². The minimum Gasteiger partial charge on any atom is -0.465 e. The van der Waals surface area contributed by atoms with E-state index in [9.17, 15) is 23.4 Å². The fraction of sp³-hybridized carbons (Fsp3) is 0.382. The lowest BCUT2D eigenvalue weighted by molar-refractivity contribution is 0.0714. The van der Waals surface area contributed by atoms with Gasteiger partial charge in [0.1, 0.15) is 5.82 Å². The van der Waals surface area contributed by atoms with Gasteiger partial charge in [-0.05, 0) is 84.6 Å². The number of rotatable bonds is 6. The summed E-state index contributed by atoms with van der Waals surface area (Å²) in [6.45, 7) is 11.1. The van der Waals surface area contributed by atoms with Crippen LogP contribution in [0, 0.1) is 6.92 Å². The zero-order chi connectivity index (χ0) is 32.5. The Morgan fingerprint density at radius 2 is 1.62 bits per heavy atom. The van der Waals surface area contributed by atoms with E-state index in [4.69, 9.17) is 4.98 Å². The quantitative estimate of drug-likeness (QED) is 0.218. The molecule has 2 atom stereocenters. The number of aromatic nitrogens is 4. The smallest absolute Gasteiger partial charge is 0.407 e. The Bertz CT molecular complexity index is 2010. The molecule has 1 aliphatic carbocycles. The molecule has 10 nitrogen and oxygen atoms in total. The summed E-state index contributed by atoms with van der Waals surface area (Å²) < 4.78 is 30.6. The van der Waals surface area contributed by atoms with Gasteiger partial charge in [0.25, 0.3) is 10.0 Å². The maximum atomic E-state index is 13.7. The molecule has 236 valence electrons. The van der Waals surface area contributed by atoms with Gasteiger partial charge in [-0.15, -0.1) is 0 Å². The predicted octanol–water partition coefficient (Wildman–Crippen LogP) is 6.54. The van der Waals surface area contributed by atoms with Gasteiger partial charge >= 0.3 is 6.09 Å². The van der Waals surface area contributed by atoms with E-state index >= 15 is 0 Å². The number of carbonyl (C=O) groups is 1. The average molecular weight is 630 g/mol. The second-order valence-electron chi connectivity index (χ2n) is 13.6. The van der Waals surface area contributed by atoms with Crippen molar-refractivity contribution in [2.45, 2.75) is 88.8 Å². The third-order valence-electron chi connectivity index (χ3n) is 8.80. The second kappa shape index (κ2) is 10.7. The Morgan fingerprint density at radius 3 is 2.22 bits per heavy atom. The fourth-order valence-corrected chi connectivity index (χ4v) is 7.89. The van der Waals surface area contributed by atoms with Crippen molar-refractivity contribution in [3.63, 3.8) is 0 Å². The van der Waals surface area contributed by atoms with Crippen LogP contribution in [0.15, 0.2) is 71.9 Å². The summed E-state index contributed by atoms with van der Waals surface area (Å²) in [7, 11) is -3.92. The van der Waals surface area contributed by atoms with E-state index in [-0.39, 0.29) is 22.5 Å². The van der Waals surface area contributed by atoms with E-state index in [0.29, 0.717) is 29.6 Å². The third kappa shape index (κ3) is 5.37. The fourth-order valence-electron chi connectivity index (χ4n) is 6.60. The van der Waals surface area contributed by atoms with Gasteiger partial charge in [-0.3, -0.25) is 4.40 Å². The number of benzene rings is 2. The molecule has 6 rings (SSSR count). The van der Waals surface area contributed by atoms with Gasteiger partial charge in [0.05, 0.1) is 33.4 Å². The zero-order valence-electron chi connectivity index (χ0n) is 26.4. The summed E-state index contributed by atoms with van der Waals surface area (Å²) >= 11 is 0. The molecule has 1 saturated carbocycles. The predicted molar refractivity (Wildman–Crippen MR) is 173 cm³/mol. The van der Waals surface area contributed by atoms with Gasteiger partial charge in [0, 0.05) is 29.3 Å². The maximum absolute atomic E-state index is 13.7. The van der Waals surface area contributed by atoms with Crippen LogP contribution >= 0.6 is 0 Å². The molecule has 0 spiro atoms. The van der Waals surface area contributed by atoms with Gasteiger partial charge in [0.2, 0.25) is 0 Å². The topological polar surface area (TPSA) is 130 Å². The van der Waals surface area contributed by atoms with Gasteiger partial charge in [-0.1, -0.05) is 42.0 Å². The highest BCUT2D eigenvalue weighted by Gasteiger charge is 2.40. The first kappa shape index (κ1) is 30.8. The van der Waals surface area contributed by atoms with E-state index in [1.165, 1.54) is 10.2 Å². The van der Waals surface area contributed by atoms with Crippen LogP contribution in [0.2, 0.25) is 0 Å². The normalized spacial score (nSPS) is 17.8. The summed E-state index contributed by atoms with van der Waals surface area (Å²) in [5.74, 6) is 0.671. The second-order valence-corrected chi connectivity index (χ2v) is 15.4. The highest BCUT2D eigenvalue weighted by molar-refractivity contribution is 7.90. The molecule has 0 aliphatic heterocycles. The first-order valence-corrected chi connectivity index (χ1v) is 16.6. The molecule has 3 heterocycles. The molecule has 11 heteroatoms. The summed E-state index contributed by atoms with van der Waals surface area (Å²) in [6, 6.07) is 15.9. The highest BCUT2D eigenvalue weighted by atomic mass is 32.2. The van der Waals surface area contributed by atoms with Crippen molar-refractivity contribution in [1.82, 2.24) is 23.2 Å². The van der Waals surface area contributed by atoms with Crippen LogP contribution in [0.3, 0.4) is 0 Å². The molecule has 2 N–H and O–H groups in total. The molecular formula is C34H39N5O5S. The lowest BCUT2D eigenvalue weighted by atomic mass is 9.97. The molecule has 45 heavy (non-hydrogen) atoms. The minimum absolute atomic E-state index is 0.0706. The third-order valence-corrected chi connectivity index (χ3v) is 10.5. The monoisotopic (exact) mass is 629 g/mol. The first-order valence-electron chi connectivity index (χ1n) is 15.1. The summed E-state index contributed by atoms with van der Waals surface area (Å²) in [5.41, 5.74) is 3.27. The average Bonchev–Trinajstić information content (AvgIpc) is 3.69. The van der Waals surface area contributed by atoms with Crippen LogP contribution in [0.25, 0.3) is 27.9 Å². The standard InChI is InChI=1S/C34H39N5O5S/c1-21-7-15-26(16-8-21)45(43,44)37-18-17-27-31(37)35-20-28-29(22-9-12-24(13-10-22)34(5,6)42)36-30(38(27)28)23-11-14-25(19-23)39(32(40)41)33(2,3)4/h7-10,12-13,15-18,20,23,25,42H,11,14,19H2,1-6H3,(H,40,41)/t23-,25+/m1/s1. The Hall–Kier alpha value is -4.22. The Labute approximate surface area is 263 Å². The largest absolute Gasteiger partial charge is 0.465 e. The molecule has 1 aliphatic rings. The molecular weight excluding hydrogens is 590 g/mol. The number of nitrogens with zero attached hydrogens (tertiary/aromatic N) is 5. The van der Waals surface area contributed by atoms with E-state index in [2.05, 4.69) is 4.98 Å². The number of imidazole rings is 1. The van der Waals surface area contributed by atoms with Gasteiger partial charge < -0.3 is 15.1 Å². The van der Waals surface area contributed by atoms with Crippen LogP contribution in [0.1, 0.15) is 76.8 Å². The number of aryl methyl sites for hydroxylation is 1. The van der Waals surface area contributed by atoms with Crippen LogP contribution < -0.4 is 0 Å². The van der Waals surface area contributed by atoms with Crippen molar-refractivity contribution >= 4 is 32.8 Å². The van der Waals surface area contributed by atoms with Crippen molar-refractivity contribution in [3.8, 4) is 11.3 Å². The Balaban J connectivity index is 1.52. The summed E-state index contributed by atoms with van der Waals surface area (Å²) in [5, 5.41) is 20.6. The number of fused-ring (bicyclic) bond motifs is 3. The number of aliphatic hydroxyl groups is 1. The van der Waals surface area contributed by atoms with Crippen molar-refractivity contribution in [3.05, 3.63) is 83.9 Å². The lowest BCUT2D eigenvalue weighted by Crippen LogP contribution is -2.50. The number of amides is 1. The number of carboxylic acid groups (broad SMARTS) is 1. The minimum atomic E-state index is -3.92. The molecule has 1 fully saturated rings. The first-order chi connectivity index (χ1) is 21.1. The Kier molecular flexibility index (Phi) is 7.32. The molecule has 1 amide bonds. The molecule has 0 radical (unpaired) electrons. The van der Waals surface area contributed by atoms with Gasteiger partial charge in [-0.2, -0.15) is 0 Å². The number of hydrogen-bond donors (Lipinski definition) is 2. The van der Waals surface area contributed by atoms with E-state index in [0.717, 1.165) is 28.9 Å². The zero-order valence-corrected chi connectivity index (χ0v) is 27.2. The van der Waals surface area contributed by atoms with Gasteiger partial charge in [0.15, 0.2) is 5.65 Å². The molecule has 0 unspecified atom stereocenters. The maximum Gasteiger partial charge on any atom is 0.407 e. The SMILES string of the molecule is Cc1ccc(S(=O)(=O)n2ccc3c2ncc2c(-c4ccc(C(C)(C)O)cc4)nc([C@@H]4CC[C@H](N(C(=O)O)C(C)(C)C)C4)n23)cc1. The van der Waals surface area contributed by atoms with Crippen LogP contribution in [-0.2, 0) is 15.6 Å². The van der Waals surface area contributed by atoms with E-state index in [1.54, 1.807) is 55.3 Å². The van der Waals surface area contributed by atoms with Crippen molar-refractivity contribution < 1.29 is 23.4 Å². The van der Waals surface area contributed by atoms with Crippen molar-refractivity contribution in [2.75, 3.05) is 0 Å². The Morgan fingerprint density at radius 1 is 0.956 bits per heavy atom. The molecule has 0 bridgehead atoms. The molecule has 2 aromatic carbocycles. The van der Waals surface area contributed by atoms with Crippen LogP contribution in [0.4, 0.5) is 4.79 Å². The highest BCUT2D eigenvalue weighted by Crippen LogP contribution is 2.41. The lowest BCUT2D eigenvalue weighted by Gasteiger charge is -2.38. The van der Waals surface area contributed by atoms with Gasteiger partial charge in [-0.25, -0.2) is 27.2 Å². The molecule has 0 saturated heterocycles. The van der Waals surface area contributed by atoms with E-state index in [1.807, 2.05) is 56.4 Å².